The molecule has 0 heterocycles. The van der Waals surface area contributed by atoms with Crippen LogP contribution < -0.4 is 5.73 Å². The molecule has 6 heavy (non-hydrogen) atoms. The number of rotatable bonds is 2. The number of nitrogens with one attached hydrogen (secondary N) is 1. The van der Waals surface area contributed by atoms with E-state index in [-0.39, 0.29) is 0 Å². The van der Waals surface area contributed by atoms with Gasteiger partial charge in [-0.3, -0.25) is 10.7 Å². The first kappa shape index (κ1) is 5.47. The summed E-state index contributed by atoms with van der Waals surface area (Å²) in [4.78, 5) is 3.63. The monoisotopic (exact) mass is 85.1 g/mol. The number of aliphatic imine (C=N–C) groups is 1. The summed E-state index contributed by atoms with van der Waals surface area (Å²) in [6.45, 7) is 2.83. The van der Waals surface area contributed by atoms with E-state index in [1.54, 1.807) is 0 Å². The summed E-state index contributed by atoms with van der Waals surface area (Å²) in [6.07, 6.45) is 2.12. The number of nitrogens with zero attached hydrogens (tertiary/aromatic N) is 1. The Morgan fingerprint density at radius 3 is 2.67 bits per heavy atom. The summed E-state index contributed by atoms with van der Waals surface area (Å²) in [5, 5.41) is 0. The fourth-order valence-corrected chi connectivity index (χ4v) is 0.194. The van der Waals surface area contributed by atoms with Crippen LogP contribution in [0.25, 0.3) is 0 Å². The van der Waals surface area contributed by atoms with E-state index in [2.05, 4.69) is 4.99 Å². The van der Waals surface area contributed by atoms with Crippen LogP contribution in [0, 0.1) is 0 Å². The third-order valence-corrected chi connectivity index (χ3v) is 0.444. The topological polar surface area (TPSA) is 36.2 Å². The van der Waals surface area contributed by atoms with Gasteiger partial charge in [0.15, 0.2) is 0 Å². The molecule has 0 aliphatic rings. The van der Waals surface area contributed by atoms with Crippen LogP contribution >= 0.6 is 0 Å². The zero-order chi connectivity index (χ0) is 4.83. The molecule has 0 aliphatic carbocycles. The van der Waals surface area contributed by atoms with E-state index in [1.165, 1.54) is 0 Å². The number of hydrogen-bond donors (Lipinski definition) is 0. The maximum atomic E-state index is 6.41. The van der Waals surface area contributed by atoms with Gasteiger partial charge >= 0.3 is 0 Å². The van der Waals surface area contributed by atoms with Crippen molar-refractivity contribution in [2.24, 2.45) is 4.99 Å². The van der Waals surface area contributed by atoms with Crippen LogP contribution in [0.5, 0.6) is 0 Å². The molecule has 0 aromatic carbocycles. The molecule has 1 radical (unpaired) electrons. The SMILES string of the molecule is CCC/N=C/[NH]. The lowest BCUT2D eigenvalue weighted by Crippen LogP contribution is -1.75. The fraction of sp³-hybridized carbons (Fsp3) is 0.750. The van der Waals surface area contributed by atoms with Crippen LogP contribution in [0.1, 0.15) is 13.3 Å². The molecule has 0 saturated carbocycles. The molecule has 0 unspecified atom stereocenters. The molecule has 0 fully saturated rings. The van der Waals surface area contributed by atoms with Crippen molar-refractivity contribution in [2.45, 2.75) is 13.3 Å². The van der Waals surface area contributed by atoms with Crippen molar-refractivity contribution in [3.05, 3.63) is 0 Å². The van der Waals surface area contributed by atoms with E-state index < -0.39 is 0 Å². The summed E-state index contributed by atoms with van der Waals surface area (Å²) >= 11 is 0. The molecular formula is C4H9N2. The van der Waals surface area contributed by atoms with E-state index in [0.717, 1.165) is 19.3 Å². The van der Waals surface area contributed by atoms with Gasteiger partial charge in [0.25, 0.3) is 0 Å². The minimum Gasteiger partial charge on any atom is -0.290 e. The standard InChI is InChI=1S/C4H9N2/c1-2-3-6-4-5/h4-5H,2-3H2,1H3/b6-4+. The summed E-state index contributed by atoms with van der Waals surface area (Å²) in [5.41, 5.74) is 6.41. The maximum absolute atomic E-state index is 6.41. The quantitative estimate of drug-likeness (QED) is 0.350. The second-order valence-electron chi connectivity index (χ2n) is 1.04. The molecule has 0 aromatic rings. The van der Waals surface area contributed by atoms with E-state index in [0.29, 0.717) is 0 Å². The molecule has 0 aliphatic heterocycles. The van der Waals surface area contributed by atoms with E-state index in [9.17, 15) is 0 Å². The molecule has 1 N–H and O–H groups in total. The Hall–Kier alpha value is -0.530. The summed E-state index contributed by atoms with van der Waals surface area (Å²) < 4.78 is 0. The van der Waals surface area contributed by atoms with Crippen LogP contribution in [0.2, 0.25) is 0 Å². The third-order valence-electron chi connectivity index (χ3n) is 0.444. The molecule has 0 atom stereocenters. The average Bonchev–Trinajstić information content (AvgIpc) is 1.61. The van der Waals surface area contributed by atoms with E-state index in [1.807, 2.05) is 6.92 Å². The minimum atomic E-state index is 0.795. The normalized spacial score (nSPS) is 10.2. The van der Waals surface area contributed by atoms with Crippen LogP contribution in [0.15, 0.2) is 4.99 Å². The molecule has 0 amide bonds. The Bertz CT molecular complexity index is 40.8. The highest BCUT2D eigenvalue weighted by Gasteiger charge is 1.65. The Kier molecular flexibility index (Phi) is 4.08. The van der Waals surface area contributed by atoms with Crippen LogP contribution in [-0.2, 0) is 0 Å². The van der Waals surface area contributed by atoms with Gasteiger partial charge in [0.1, 0.15) is 6.34 Å². The smallest absolute Gasteiger partial charge is 0.101 e. The van der Waals surface area contributed by atoms with Crippen LogP contribution in [0.3, 0.4) is 0 Å². The highest BCUT2D eigenvalue weighted by Crippen LogP contribution is 1.71. The van der Waals surface area contributed by atoms with Gasteiger partial charge in [-0.2, -0.15) is 0 Å². The van der Waals surface area contributed by atoms with Crippen molar-refractivity contribution in [1.82, 2.24) is 5.73 Å². The van der Waals surface area contributed by atoms with Crippen molar-refractivity contribution in [2.75, 3.05) is 6.54 Å². The van der Waals surface area contributed by atoms with Crippen molar-refractivity contribution in [1.29, 1.82) is 0 Å². The lowest BCUT2D eigenvalue weighted by atomic mass is 10.5. The highest BCUT2D eigenvalue weighted by atomic mass is 14.8. The van der Waals surface area contributed by atoms with Gasteiger partial charge in [-0.1, -0.05) is 6.92 Å². The molecule has 0 bridgehead atoms. The highest BCUT2D eigenvalue weighted by molar-refractivity contribution is 5.49. The molecular weight excluding hydrogens is 76.1 g/mol. The largest absolute Gasteiger partial charge is 0.290 e. The predicted molar refractivity (Wildman–Crippen MR) is 26.7 cm³/mol. The van der Waals surface area contributed by atoms with Crippen molar-refractivity contribution >= 4 is 6.34 Å². The average molecular weight is 85.1 g/mol. The summed E-state index contributed by atoms with van der Waals surface area (Å²) in [6, 6.07) is 0. The molecule has 0 aromatic heterocycles. The fourth-order valence-electron chi connectivity index (χ4n) is 0.194. The van der Waals surface area contributed by atoms with Crippen molar-refractivity contribution in [3.8, 4) is 0 Å². The predicted octanol–water partition coefficient (Wildman–Crippen LogP) is 0.708. The van der Waals surface area contributed by atoms with Gasteiger partial charge in [-0.15, -0.1) is 0 Å². The zero-order valence-electron chi connectivity index (χ0n) is 3.94. The molecule has 0 spiro atoms. The van der Waals surface area contributed by atoms with E-state index >= 15 is 0 Å². The summed E-state index contributed by atoms with van der Waals surface area (Å²) in [5.74, 6) is 0. The first-order valence-electron chi connectivity index (χ1n) is 2.07. The van der Waals surface area contributed by atoms with Gasteiger partial charge in [-0.05, 0) is 6.42 Å². The molecule has 35 valence electrons. The zero-order valence-corrected chi connectivity index (χ0v) is 3.94. The maximum Gasteiger partial charge on any atom is 0.101 e. The first-order valence-corrected chi connectivity index (χ1v) is 2.07. The third kappa shape index (κ3) is 3.47. The number of hydrogen-bond acceptors (Lipinski definition) is 1. The Morgan fingerprint density at radius 2 is 2.50 bits per heavy atom. The van der Waals surface area contributed by atoms with Gasteiger partial charge in [0.05, 0.1) is 0 Å². The van der Waals surface area contributed by atoms with Gasteiger partial charge in [0, 0.05) is 6.54 Å². The lowest BCUT2D eigenvalue weighted by molar-refractivity contribution is 0.934. The Morgan fingerprint density at radius 1 is 1.83 bits per heavy atom. The molecule has 0 rings (SSSR count). The van der Waals surface area contributed by atoms with Gasteiger partial charge in [0.2, 0.25) is 0 Å². The second-order valence-corrected chi connectivity index (χ2v) is 1.04. The van der Waals surface area contributed by atoms with Crippen molar-refractivity contribution < 1.29 is 0 Å². The molecule has 0 saturated heterocycles. The van der Waals surface area contributed by atoms with Gasteiger partial charge in [-0.25, -0.2) is 0 Å². The Balaban J connectivity index is 2.66. The van der Waals surface area contributed by atoms with Crippen LogP contribution in [-0.4, -0.2) is 12.9 Å². The minimum absolute atomic E-state index is 0.795. The summed E-state index contributed by atoms with van der Waals surface area (Å²) in [7, 11) is 0. The first-order chi connectivity index (χ1) is 2.91. The lowest BCUT2D eigenvalue weighted by Gasteiger charge is -1.77. The van der Waals surface area contributed by atoms with Gasteiger partial charge < -0.3 is 0 Å². The second kappa shape index (κ2) is 4.47. The van der Waals surface area contributed by atoms with Crippen molar-refractivity contribution in [3.63, 3.8) is 0 Å². The Labute approximate surface area is 38.1 Å². The van der Waals surface area contributed by atoms with E-state index in [4.69, 9.17) is 5.73 Å². The molecule has 2 nitrogen and oxygen atoms in total. The van der Waals surface area contributed by atoms with Crippen LogP contribution in [0.4, 0.5) is 0 Å². The molecule has 2 heteroatoms.